The molecule has 0 fully saturated rings. The van der Waals surface area contributed by atoms with E-state index in [0.717, 1.165) is 16.8 Å². The molecule has 0 aliphatic carbocycles. The largest absolute Gasteiger partial charge is 0.332 e. The van der Waals surface area contributed by atoms with Gasteiger partial charge in [0.05, 0.1) is 6.33 Å². The maximum Gasteiger partial charge on any atom is 0.278 e. The smallest absolute Gasteiger partial charge is 0.278 e. The number of anilines is 1. The lowest BCUT2D eigenvalue weighted by molar-refractivity contribution is 0.102. The van der Waals surface area contributed by atoms with E-state index < -0.39 is 0 Å². The molecule has 0 bridgehead atoms. The Kier molecular flexibility index (Phi) is 5.70. The average molecular weight is 456 g/mol. The highest BCUT2D eigenvalue weighted by molar-refractivity contribution is 6.30. The van der Waals surface area contributed by atoms with Crippen molar-refractivity contribution in [1.29, 1.82) is 0 Å². The Hall–Kier alpha value is -4.23. The standard InChI is InChI=1S/C25H18ClN5O2/c26-20-10-8-18(9-11-20)23-29-25(33-30-23)22-15-31(16-27-22)14-17-6-12-21(13-7-17)28-24(32)19-4-2-1-3-5-19/h1-13,15-16H,14H2,(H,28,32). The molecule has 1 N–H and O–H groups in total. The molecule has 0 spiro atoms. The molecule has 33 heavy (non-hydrogen) atoms. The lowest BCUT2D eigenvalue weighted by atomic mass is 10.2. The van der Waals surface area contributed by atoms with Gasteiger partial charge in [0.1, 0.15) is 5.69 Å². The molecule has 0 saturated heterocycles. The van der Waals surface area contributed by atoms with Crippen molar-refractivity contribution in [3.63, 3.8) is 0 Å². The molecule has 2 heterocycles. The highest BCUT2D eigenvalue weighted by Gasteiger charge is 2.13. The molecule has 0 radical (unpaired) electrons. The summed E-state index contributed by atoms with van der Waals surface area (Å²) in [5, 5.41) is 7.57. The summed E-state index contributed by atoms with van der Waals surface area (Å²) in [6.07, 6.45) is 3.57. The summed E-state index contributed by atoms with van der Waals surface area (Å²) in [6, 6.07) is 24.0. The molecule has 0 aliphatic rings. The Morgan fingerprint density at radius 3 is 2.48 bits per heavy atom. The summed E-state index contributed by atoms with van der Waals surface area (Å²) in [7, 11) is 0. The third-order valence-electron chi connectivity index (χ3n) is 4.99. The fourth-order valence-electron chi connectivity index (χ4n) is 3.30. The van der Waals surface area contributed by atoms with Gasteiger partial charge in [-0.05, 0) is 54.1 Å². The summed E-state index contributed by atoms with van der Waals surface area (Å²) >= 11 is 5.93. The highest BCUT2D eigenvalue weighted by Crippen LogP contribution is 2.22. The molecule has 0 aliphatic heterocycles. The minimum Gasteiger partial charge on any atom is -0.332 e. The van der Waals surface area contributed by atoms with Gasteiger partial charge in [-0.15, -0.1) is 0 Å². The van der Waals surface area contributed by atoms with Gasteiger partial charge in [-0.1, -0.05) is 47.1 Å². The molecule has 162 valence electrons. The number of imidazole rings is 1. The number of aromatic nitrogens is 4. The quantitative estimate of drug-likeness (QED) is 0.362. The Balaban J connectivity index is 1.24. The molecule has 0 unspecified atom stereocenters. The number of amides is 1. The molecule has 5 rings (SSSR count). The van der Waals surface area contributed by atoms with Crippen molar-refractivity contribution in [2.45, 2.75) is 6.54 Å². The first-order chi connectivity index (χ1) is 16.1. The van der Waals surface area contributed by atoms with Gasteiger partial charge in [0, 0.05) is 34.6 Å². The second kappa shape index (κ2) is 9.10. The van der Waals surface area contributed by atoms with E-state index in [2.05, 4.69) is 20.4 Å². The van der Waals surface area contributed by atoms with Crippen LogP contribution in [-0.4, -0.2) is 25.6 Å². The van der Waals surface area contributed by atoms with E-state index >= 15 is 0 Å². The van der Waals surface area contributed by atoms with Crippen LogP contribution in [0.1, 0.15) is 15.9 Å². The molecular weight excluding hydrogens is 438 g/mol. The third-order valence-corrected chi connectivity index (χ3v) is 5.25. The molecule has 3 aromatic carbocycles. The second-order valence-corrected chi connectivity index (χ2v) is 7.81. The van der Waals surface area contributed by atoms with Crippen LogP contribution in [0.5, 0.6) is 0 Å². The minimum atomic E-state index is -0.139. The van der Waals surface area contributed by atoms with Crippen molar-refractivity contribution in [2.24, 2.45) is 0 Å². The fourth-order valence-corrected chi connectivity index (χ4v) is 3.42. The molecule has 8 heteroatoms. The first kappa shape index (κ1) is 20.7. The van der Waals surface area contributed by atoms with Crippen LogP contribution in [0.3, 0.4) is 0 Å². The summed E-state index contributed by atoms with van der Waals surface area (Å²) < 4.78 is 7.31. The highest BCUT2D eigenvalue weighted by atomic mass is 35.5. The number of hydrogen-bond acceptors (Lipinski definition) is 5. The van der Waals surface area contributed by atoms with Gasteiger partial charge in [-0.3, -0.25) is 4.79 Å². The van der Waals surface area contributed by atoms with Gasteiger partial charge in [0.15, 0.2) is 0 Å². The Bertz CT molecular complexity index is 1380. The maximum absolute atomic E-state index is 12.3. The van der Waals surface area contributed by atoms with Crippen LogP contribution in [0.25, 0.3) is 23.0 Å². The van der Waals surface area contributed by atoms with Crippen LogP contribution in [0.4, 0.5) is 5.69 Å². The minimum absolute atomic E-state index is 0.139. The van der Waals surface area contributed by atoms with Gasteiger partial charge in [-0.25, -0.2) is 4.98 Å². The van der Waals surface area contributed by atoms with Crippen LogP contribution >= 0.6 is 11.6 Å². The maximum atomic E-state index is 12.3. The van der Waals surface area contributed by atoms with Gasteiger partial charge < -0.3 is 14.4 Å². The molecule has 1 amide bonds. The molecule has 0 saturated carbocycles. The Labute approximate surface area is 194 Å². The predicted molar refractivity (Wildman–Crippen MR) is 126 cm³/mol. The van der Waals surface area contributed by atoms with Crippen molar-refractivity contribution in [2.75, 3.05) is 5.32 Å². The number of benzene rings is 3. The molecule has 0 atom stereocenters. The second-order valence-electron chi connectivity index (χ2n) is 7.38. The van der Waals surface area contributed by atoms with E-state index in [1.54, 1.807) is 30.6 Å². The Morgan fingerprint density at radius 2 is 1.73 bits per heavy atom. The fraction of sp³-hybridized carbons (Fsp3) is 0.0400. The van der Waals surface area contributed by atoms with E-state index in [-0.39, 0.29) is 5.91 Å². The normalized spacial score (nSPS) is 10.8. The van der Waals surface area contributed by atoms with Crippen LogP contribution in [0.15, 0.2) is 95.9 Å². The van der Waals surface area contributed by atoms with Crippen LogP contribution in [0.2, 0.25) is 5.02 Å². The number of rotatable bonds is 6. The topological polar surface area (TPSA) is 85.8 Å². The van der Waals surface area contributed by atoms with E-state index in [0.29, 0.717) is 34.5 Å². The van der Waals surface area contributed by atoms with E-state index in [1.807, 2.05) is 65.4 Å². The lowest BCUT2D eigenvalue weighted by Gasteiger charge is -2.07. The Morgan fingerprint density at radius 1 is 0.970 bits per heavy atom. The van der Waals surface area contributed by atoms with Gasteiger partial charge in [0.25, 0.3) is 11.8 Å². The van der Waals surface area contributed by atoms with E-state index in [4.69, 9.17) is 16.1 Å². The van der Waals surface area contributed by atoms with Crippen LogP contribution < -0.4 is 5.32 Å². The van der Waals surface area contributed by atoms with Crippen LogP contribution in [-0.2, 0) is 6.54 Å². The van der Waals surface area contributed by atoms with Crippen molar-refractivity contribution >= 4 is 23.2 Å². The zero-order chi connectivity index (χ0) is 22.6. The monoisotopic (exact) mass is 455 g/mol. The number of hydrogen-bond donors (Lipinski definition) is 1. The van der Waals surface area contributed by atoms with Gasteiger partial charge in [-0.2, -0.15) is 4.98 Å². The van der Waals surface area contributed by atoms with E-state index in [1.165, 1.54) is 0 Å². The zero-order valence-electron chi connectivity index (χ0n) is 17.4. The number of halogens is 1. The average Bonchev–Trinajstić information content (AvgIpc) is 3.51. The van der Waals surface area contributed by atoms with Crippen molar-refractivity contribution < 1.29 is 9.32 Å². The predicted octanol–water partition coefficient (Wildman–Crippen LogP) is 5.55. The number of nitrogens with zero attached hydrogens (tertiary/aromatic N) is 4. The van der Waals surface area contributed by atoms with Crippen LogP contribution in [0, 0.1) is 0 Å². The molecule has 2 aromatic heterocycles. The summed E-state index contributed by atoms with van der Waals surface area (Å²) in [5.74, 6) is 0.683. The number of nitrogens with one attached hydrogen (secondary N) is 1. The number of carbonyl (C=O) groups is 1. The van der Waals surface area contributed by atoms with Crippen molar-refractivity contribution in [3.8, 4) is 23.0 Å². The van der Waals surface area contributed by atoms with Gasteiger partial charge in [0.2, 0.25) is 5.82 Å². The van der Waals surface area contributed by atoms with E-state index in [9.17, 15) is 4.79 Å². The molecule has 5 aromatic rings. The van der Waals surface area contributed by atoms with Crippen molar-refractivity contribution in [3.05, 3.63) is 108 Å². The molecule has 7 nitrogen and oxygen atoms in total. The first-order valence-corrected chi connectivity index (χ1v) is 10.6. The summed E-state index contributed by atoms with van der Waals surface area (Å²) in [6.45, 7) is 0.609. The molecular formula is C25H18ClN5O2. The summed E-state index contributed by atoms with van der Waals surface area (Å²) in [4.78, 5) is 21.1. The van der Waals surface area contributed by atoms with Crippen molar-refractivity contribution in [1.82, 2.24) is 19.7 Å². The summed E-state index contributed by atoms with van der Waals surface area (Å²) in [5.41, 5.74) is 3.82. The lowest BCUT2D eigenvalue weighted by Crippen LogP contribution is -2.11. The first-order valence-electron chi connectivity index (χ1n) is 10.2. The van der Waals surface area contributed by atoms with Gasteiger partial charge >= 0.3 is 0 Å². The SMILES string of the molecule is O=C(Nc1ccc(Cn2cnc(-c3nc(-c4ccc(Cl)cc4)no3)c2)cc1)c1ccccc1. The third kappa shape index (κ3) is 4.83. The zero-order valence-corrected chi connectivity index (χ0v) is 18.1. The number of carbonyl (C=O) groups excluding carboxylic acids is 1.